The third kappa shape index (κ3) is 3.23. The molecule has 1 unspecified atom stereocenters. The summed E-state index contributed by atoms with van der Waals surface area (Å²) in [6.45, 7) is 2.11. The maximum atomic E-state index is 11.7. The van der Waals surface area contributed by atoms with Crippen molar-refractivity contribution in [3.8, 4) is 5.75 Å². The van der Waals surface area contributed by atoms with Crippen molar-refractivity contribution in [2.75, 3.05) is 7.11 Å². The number of hydrogen-bond acceptors (Lipinski definition) is 3. The molecule has 1 N–H and O–H groups in total. The molecule has 0 amide bonds. The van der Waals surface area contributed by atoms with Gasteiger partial charge in [0, 0.05) is 12.3 Å². The minimum atomic E-state index is -0.716. The van der Waals surface area contributed by atoms with Crippen LogP contribution in [0, 0.1) is 6.92 Å². The summed E-state index contributed by atoms with van der Waals surface area (Å²) in [5.74, 6) is 0.739. The van der Waals surface area contributed by atoms with Crippen LogP contribution in [0.25, 0.3) is 0 Å². The molecule has 4 nitrogen and oxygen atoms in total. The van der Waals surface area contributed by atoms with Gasteiger partial charge < -0.3 is 14.4 Å². The van der Waals surface area contributed by atoms with Crippen molar-refractivity contribution >= 4 is 0 Å². The van der Waals surface area contributed by atoms with E-state index in [1.807, 2.05) is 13.0 Å². The van der Waals surface area contributed by atoms with E-state index in [2.05, 4.69) is 0 Å². The first kappa shape index (κ1) is 13.4. The fraction of sp³-hybridized carbons (Fsp3) is 0.267. The predicted molar refractivity (Wildman–Crippen MR) is 73.4 cm³/mol. The first-order valence-electron chi connectivity index (χ1n) is 6.09. The summed E-state index contributed by atoms with van der Waals surface area (Å²) < 4.78 is 6.56. The first-order chi connectivity index (χ1) is 9.10. The standard InChI is InChI=1S/C15H17NO3/c1-11-7-8-16(15(18)9-11)10-14(17)12-3-5-13(19-2)6-4-12/h3-9,14,17H,10H2,1-2H3. The molecule has 0 spiro atoms. The number of hydrogen-bond donors (Lipinski definition) is 1. The maximum Gasteiger partial charge on any atom is 0.250 e. The van der Waals surface area contributed by atoms with E-state index in [-0.39, 0.29) is 12.1 Å². The zero-order valence-corrected chi connectivity index (χ0v) is 11.0. The summed E-state index contributed by atoms with van der Waals surface area (Å²) in [5.41, 5.74) is 1.57. The molecule has 1 aromatic heterocycles. The van der Waals surface area contributed by atoms with Crippen LogP contribution >= 0.6 is 0 Å². The van der Waals surface area contributed by atoms with Crippen molar-refractivity contribution in [3.63, 3.8) is 0 Å². The van der Waals surface area contributed by atoms with E-state index in [0.29, 0.717) is 0 Å². The molecule has 2 rings (SSSR count). The van der Waals surface area contributed by atoms with E-state index in [9.17, 15) is 9.90 Å². The van der Waals surface area contributed by atoms with Gasteiger partial charge in [0.15, 0.2) is 0 Å². The van der Waals surface area contributed by atoms with Crippen LogP contribution in [0.1, 0.15) is 17.2 Å². The molecule has 4 heteroatoms. The summed E-state index contributed by atoms with van der Waals surface area (Å²) in [7, 11) is 1.59. The lowest BCUT2D eigenvalue weighted by Crippen LogP contribution is -2.22. The largest absolute Gasteiger partial charge is 0.497 e. The maximum absolute atomic E-state index is 11.7. The molecule has 1 aromatic carbocycles. The molecule has 2 aromatic rings. The van der Waals surface area contributed by atoms with Crippen LogP contribution in [-0.2, 0) is 6.54 Å². The number of aliphatic hydroxyl groups excluding tert-OH is 1. The summed E-state index contributed by atoms with van der Waals surface area (Å²) >= 11 is 0. The van der Waals surface area contributed by atoms with Crippen molar-refractivity contribution in [2.45, 2.75) is 19.6 Å². The Morgan fingerprint density at radius 1 is 1.26 bits per heavy atom. The van der Waals surface area contributed by atoms with Crippen LogP contribution in [0.4, 0.5) is 0 Å². The summed E-state index contributed by atoms with van der Waals surface area (Å²) in [4.78, 5) is 11.7. The van der Waals surface area contributed by atoms with Crippen LogP contribution in [0.5, 0.6) is 5.75 Å². The molecule has 19 heavy (non-hydrogen) atoms. The molecule has 0 radical (unpaired) electrons. The van der Waals surface area contributed by atoms with Crippen LogP contribution in [0.2, 0.25) is 0 Å². The molecule has 1 atom stereocenters. The summed E-state index contributed by atoms with van der Waals surface area (Å²) in [5, 5.41) is 10.1. The highest BCUT2D eigenvalue weighted by molar-refractivity contribution is 5.28. The SMILES string of the molecule is COc1ccc(C(O)Cn2ccc(C)cc2=O)cc1. The molecular formula is C15H17NO3. The molecule has 0 aliphatic rings. The smallest absolute Gasteiger partial charge is 0.250 e. The van der Waals surface area contributed by atoms with E-state index in [1.54, 1.807) is 43.6 Å². The van der Waals surface area contributed by atoms with Gasteiger partial charge in [-0.1, -0.05) is 12.1 Å². The highest BCUT2D eigenvalue weighted by Crippen LogP contribution is 2.18. The van der Waals surface area contributed by atoms with Crippen LogP contribution < -0.4 is 10.3 Å². The van der Waals surface area contributed by atoms with Crippen molar-refractivity contribution < 1.29 is 9.84 Å². The Bertz CT molecular complexity index is 602. The number of benzene rings is 1. The molecule has 0 bridgehead atoms. The monoisotopic (exact) mass is 259 g/mol. The van der Waals surface area contributed by atoms with Gasteiger partial charge in [0.05, 0.1) is 19.8 Å². The number of ether oxygens (including phenoxy) is 1. The zero-order chi connectivity index (χ0) is 13.8. The topological polar surface area (TPSA) is 51.5 Å². The Labute approximate surface area is 111 Å². The lowest BCUT2D eigenvalue weighted by molar-refractivity contribution is 0.155. The molecule has 0 saturated carbocycles. The fourth-order valence-electron chi connectivity index (χ4n) is 1.88. The van der Waals surface area contributed by atoms with Crippen LogP contribution in [-0.4, -0.2) is 16.8 Å². The third-order valence-electron chi connectivity index (χ3n) is 3.02. The highest BCUT2D eigenvalue weighted by Gasteiger charge is 2.09. The lowest BCUT2D eigenvalue weighted by atomic mass is 10.1. The molecule has 0 aliphatic heterocycles. The minimum absolute atomic E-state index is 0.104. The van der Waals surface area contributed by atoms with Crippen molar-refractivity contribution in [1.82, 2.24) is 4.57 Å². The lowest BCUT2D eigenvalue weighted by Gasteiger charge is -2.13. The second kappa shape index (κ2) is 5.71. The van der Waals surface area contributed by atoms with Crippen molar-refractivity contribution in [3.05, 3.63) is 64.1 Å². The van der Waals surface area contributed by atoms with E-state index < -0.39 is 6.10 Å². The van der Waals surface area contributed by atoms with Gasteiger partial charge in [-0.3, -0.25) is 4.79 Å². The average Bonchev–Trinajstić information content (AvgIpc) is 2.42. The minimum Gasteiger partial charge on any atom is -0.497 e. The Kier molecular flexibility index (Phi) is 4.02. The van der Waals surface area contributed by atoms with Gasteiger partial charge in [-0.15, -0.1) is 0 Å². The van der Waals surface area contributed by atoms with Crippen molar-refractivity contribution in [1.29, 1.82) is 0 Å². The number of aryl methyl sites for hydroxylation is 1. The quantitative estimate of drug-likeness (QED) is 0.912. The Morgan fingerprint density at radius 3 is 2.53 bits per heavy atom. The molecule has 0 saturated heterocycles. The van der Waals surface area contributed by atoms with Crippen LogP contribution in [0.3, 0.4) is 0 Å². The van der Waals surface area contributed by atoms with Gasteiger partial charge in [0.2, 0.25) is 0 Å². The number of aliphatic hydroxyl groups is 1. The third-order valence-corrected chi connectivity index (χ3v) is 3.02. The van der Waals surface area contributed by atoms with Gasteiger partial charge in [0.25, 0.3) is 5.56 Å². The Morgan fingerprint density at radius 2 is 1.95 bits per heavy atom. The number of aromatic nitrogens is 1. The molecular weight excluding hydrogens is 242 g/mol. The fourth-order valence-corrected chi connectivity index (χ4v) is 1.88. The van der Waals surface area contributed by atoms with E-state index in [0.717, 1.165) is 16.9 Å². The second-order valence-corrected chi connectivity index (χ2v) is 4.48. The average molecular weight is 259 g/mol. The summed E-state index contributed by atoms with van der Waals surface area (Å²) in [6, 6.07) is 10.6. The Hall–Kier alpha value is -2.07. The van der Waals surface area contributed by atoms with Gasteiger partial charge in [0.1, 0.15) is 5.75 Å². The van der Waals surface area contributed by atoms with Gasteiger partial charge >= 0.3 is 0 Å². The van der Waals surface area contributed by atoms with Crippen molar-refractivity contribution in [2.24, 2.45) is 0 Å². The van der Waals surface area contributed by atoms with E-state index in [4.69, 9.17) is 4.74 Å². The number of nitrogens with zero attached hydrogens (tertiary/aromatic N) is 1. The second-order valence-electron chi connectivity index (χ2n) is 4.48. The zero-order valence-electron chi connectivity index (χ0n) is 11.0. The van der Waals surface area contributed by atoms with Crippen LogP contribution in [0.15, 0.2) is 47.4 Å². The molecule has 0 fully saturated rings. The molecule has 100 valence electrons. The normalized spacial score (nSPS) is 12.2. The first-order valence-corrected chi connectivity index (χ1v) is 6.09. The Balaban J connectivity index is 2.15. The number of rotatable bonds is 4. The predicted octanol–water partition coefficient (Wildman–Crippen LogP) is 1.90. The number of pyridine rings is 1. The highest BCUT2D eigenvalue weighted by atomic mass is 16.5. The van der Waals surface area contributed by atoms with E-state index in [1.165, 1.54) is 4.57 Å². The molecule has 0 aliphatic carbocycles. The van der Waals surface area contributed by atoms with Gasteiger partial charge in [-0.25, -0.2) is 0 Å². The molecule has 1 heterocycles. The van der Waals surface area contributed by atoms with Gasteiger partial charge in [-0.2, -0.15) is 0 Å². The van der Waals surface area contributed by atoms with Gasteiger partial charge in [-0.05, 0) is 36.2 Å². The summed E-state index contributed by atoms with van der Waals surface area (Å²) in [6.07, 6.45) is 0.982. The van der Waals surface area contributed by atoms with E-state index >= 15 is 0 Å². The number of methoxy groups -OCH3 is 1.